The van der Waals surface area contributed by atoms with Crippen molar-refractivity contribution < 1.29 is 18.7 Å². The third-order valence-corrected chi connectivity index (χ3v) is 4.14. The molecule has 0 bridgehead atoms. The van der Waals surface area contributed by atoms with Gasteiger partial charge in [-0.1, -0.05) is 29.8 Å². The van der Waals surface area contributed by atoms with Crippen LogP contribution in [0.15, 0.2) is 67.0 Å². The molecular weight excluding hydrogens is 385 g/mol. The van der Waals surface area contributed by atoms with E-state index in [4.69, 9.17) is 21.1 Å². The SMILES string of the molecule is O=C(Nc1ccc(Oc2ccnc3[nH]cc(Cl)c23)cc1F)Oc1ccccc1. The van der Waals surface area contributed by atoms with E-state index < -0.39 is 11.9 Å². The van der Waals surface area contributed by atoms with Crippen LogP contribution in [0.4, 0.5) is 14.9 Å². The predicted octanol–water partition coefficient (Wildman–Crippen LogP) is 5.76. The highest BCUT2D eigenvalue weighted by atomic mass is 35.5. The Labute approximate surface area is 163 Å². The van der Waals surface area contributed by atoms with E-state index in [1.807, 2.05) is 0 Å². The number of amides is 1. The van der Waals surface area contributed by atoms with Gasteiger partial charge in [0.25, 0.3) is 0 Å². The Morgan fingerprint density at radius 3 is 2.71 bits per heavy atom. The number of hydrogen-bond donors (Lipinski definition) is 2. The first-order valence-corrected chi connectivity index (χ1v) is 8.61. The zero-order valence-corrected chi connectivity index (χ0v) is 15.0. The summed E-state index contributed by atoms with van der Waals surface area (Å²) in [6.45, 7) is 0. The van der Waals surface area contributed by atoms with Gasteiger partial charge in [-0.2, -0.15) is 0 Å². The molecule has 0 radical (unpaired) electrons. The molecular formula is C20H13ClFN3O3. The zero-order valence-electron chi connectivity index (χ0n) is 14.3. The van der Waals surface area contributed by atoms with Gasteiger partial charge in [0.05, 0.1) is 16.1 Å². The summed E-state index contributed by atoms with van der Waals surface area (Å²) in [5.41, 5.74) is 0.526. The van der Waals surface area contributed by atoms with E-state index in [0.717, 1.165) is 6.07 Å². The molecule has 0 aliphatic rings. The van der Waals surface area contributed by atoms with Crippen LogP contribution in [0.25, 0.3) is 11.0 Å². The Hall–Kier alpha value is -3.58. The number of rotatable bonds is 4. The van der Waals surface area contributed by atoms with Crippen molar-refractivity contribution in [2.45, 2.75) is 0 Å². The Morgan fingerprint density at radius 1 is 1.11 bits per heavy atom. The molecule has 2 aromatic carbocycles. The Kier molecular flexibility index (Phi) is 4.82. The molecule has 6 nitrogen and oxygen atoms in total. The molecule has 4 rings (SSSR count). The van der Waals surface area contributed by atoms with Crippen molar-refractivity contribution in [3.63, 3.8) is 0 Å². The second-order valence-corrected chi connectivity index (χ2v) is 6.15. The van der Waals surface area contributed by atoms with Gasteiger partial charge in [-0.25, -0.2) is 14.2 Å². The summed E-state index contributed by atoms with van der Waals surface area (Å²) in [6, 6.07) is 14.2. The minimum Gasteiger partial charge on any atom is -0.456 e. The number of anilines is 1. The third kappa shape index (κ3) is 3.74. The van der Waals surface area contributed by atoms with Crippen molar-refractivity contribution >= 4 is 34.4 Å². The maximum Gasteiger partial charge on any atom is 0.417 e. The van der Waals surface area contributed by atoms with E-state index in [1.165, 1.54) is 12.1 Å². The van der Waals surface area contributed by atoms with Crippen LogP contribution in [0.5, 0.6) is 17.2 Å². The summed E-state index contributed by atoms with van der Waals surface area (Å²) < 4.78 is 25.2. The molecule has 0 aliphatic carbocycles. The molecule has 2 aromatic heterocycles. The number of H-pyrrole nitrogens is 1. The fourth-order valence-electron chi connectivity index (χ4n) is 2.59. The molecule has 0 aliphatic heterocycles. The van der Waals surface area contributed by atoms with Crippen LogP contribution in [0.1, 0.15) is 0 Å². The summed E-state index contributed by atoms with van der Waals surface area (Å²) in [5.74, 6) is 0.350. The molecule has 28 heavy (non-hydrogen) atoms. The molecule has 140 valence electrons. The normalized spacial score (nSPS) is 10.6. The highest BCUT2D eigenvalue weighted by Gasteiger charge is 2.13. The summed E-state index contributed by atoms with van der Waals surface area (Å²) in [5, 5.41) is 3.40. The number of carbonyl (C=O) groups is 1. The second kappa shape index (κ2) is 7.58. The Balaban J connectivity index is 1.50. The molecule has 8 heteroatoms. The number of carbonyl (C=O) groups excluding carboxylic acids is 1. The lowest BCUT2D eigenvalue weighted by atomic mass is 10.2. The lowest BCUT2D eigenvalue weighted by molar-refractivity contribution is 0.215. The minimum atomic E-state index is -0.797. The number of pyridine rings is 1. The Bertz CT molecular complexity index is 1150. The number of nitrogens with one attached hydrogen (secondary N) is 2. The quantitative estimate of drug-likeness (QED) is 0.459. The molecule has 0 fully saturated rings. The lowest BCUT2D eigenvalue weighted by Crippen LogP contribution is -2.17. The summed E-state index contributed by atoms with van der Waals surface area (Å²) >= 11 is 6.14. The number of hydrogen-bond acceptors (Lipinski definition) is 4. The first kappa shape index (κ1) is 17.8. The van der Waals surface area contributed by atoms with Crippen LogP contribution < -0.4 is 14.8 Å². The third-order valence-electron chi connectivity index (χ3n) is 3.85. The monoisotopic (exact) mass is 397 g/mol. The zero-order chi connectivity index (χ0) is 19.5. The van der Waals surface area contributed by atoms with Gasteiger partial charge in [-0.05, 0) is 30.3 Å². The number of para-hydroxylation sites is 1. The fourth-order valence-corrected chi connectivity index (χ4v) is 2.83. The Morgan fingerprint density at radius 2 is 1.93 bits per heavy atom. The van der Waals surface area contributed by atoms with Gasteiger partial charge in [0.2, 0.25) is 0 Å². The van der Waals surface area contributed by atoms with Crippen LogP contribution in [0, 0.1) is 5.82 Å². The minimum absolute atomic E-state index is 0.0344. The topological polar surface area (TPSA) is 76.2 Å². The molecule has 0 saturated carbocycles. The predicted molar refractivity (Wildman–Crippen MR) is 104 cm³/mol. The number of benzene rings is 2. The average molecular weight is 398 g/mol. The summed E-state index contributed by atoms with van der Waals surface area (Å²) in [6.07, 6.45) is 2.35. The van der Waals surface area contributed by atoms with Gasteiger partial charge in [0.15, 0.2) is 5.82 Å². The van der Waals surface area contributed by atoms with E-state index in [-0.39, 0.29) is 11.4 Å². The van der Waals surface area contributed by atoms with Gasteiger partial charge in [-0.15, -0.1) is 0 Å². The van der Waals surface area contributed by atoms with Crippen molar-refractivity contribution in [1.82, 2.24) is 9.97 Å². The smallest absolute Gasteiger partial charge is 0.417 e. The van der Waals surface area contributed by atoms with Crippen LogP contribution >= 0.6 is 11.6 Å². The second-order valence-electron chi connectivity index (χ2n) is 5.74. The maximum absolute atomic E-state index is 14.4. The van der Waals surface area contributed by atoms with E-state index in [0.29, 0.717) is 27.6 Å². The summed E-state index contributed by atoms with van der Waals surface area (Å²) in [7, 11) is 0. The van der Waals surface area contributed by atoms with Crippen molar-refractivity contribution in [3.8, 4) is 17.2 Å². The average Bonchev–Trinajstić information content (AvgIpc) is 3.07. The molecule has 2 N–H and O–H groups in total. The van der Waals surface area contributed by atoms with Gasteiger partial charge in [0, 0.05) is 18.5 Å². The van der Waals surface area contributed by atoms with Gasteiger partial charge in [0.1, 0.15) is 22.9 Å². The van der Waals surface area contributed by atoms with Gasteiger partial charge >= 0.3 is 6.09 Å². The molecule has 0 unspecified atom stereocenters. The van der Waals surface area contributed by atoms with Crippen LogP contribution in [-0.4, -0.2) is 16.1 Å². The molecule has 0 atom stereocenters. The number of ether oxygens (including phenoxy) is 2. The number of fused-ring (bicyclic) bond motifs is 1. The largest absolute Gasteiger partial charge is 0.456 e. The molecule has 0 spiro atoms. The summed E-state index contributed by atoms with van der Waals surface area (Å²) in [4.78, 5) is 19.0. The van der Waals surface area contributed by atoms with Crippen LogP contribution in [0.3, 0.4) is 0 Å². The molecule has 0 saturated heterocycles. The molecule has 1 amide bonds. The van der Waals surface area contributed by atoms with Crippen molar-refractivity contribution in [1.29, 1.82) is 0 Å². The number of aromatic amines is 1. The number of halogens is 2. The molecule has 2 heterocycles. The molecule has 4 aromatic rings. The van der Waals surface area contributed by atoms with Crippen molar-refractivity contribution in [3.05, 3.63) is 77.8 Å². The van der Waals surface area contributed by atoms with E-state index in [1.54, 1.807) is 48.8 Å². The highest BCUT2D eigenvalue weighted by Crippen LogP contribution is 2.34. The van der Waals surface area contributed by atoms with E-state index in [2.05, 4.69) is 15.3 Å². The van der Waals surface area contributed by atoms with Crippen LogP contribution in [-0.2, 0) is 0 Å². The van der Waals surface area contributed by atoms with Gasteiger partial charge < -0.3 is 14.5 Å². The first-order valence-electron chi connectivity index (χ1n) is 8.23. The van der Waals surface area contributed by atoms with Crippen LogP contribution in [0.2, 0.25) is 5.02 Å². The van der Waals surface area contributed by atoms with E-state index >= 15 is 0 Å². The number of aromatic nitrogens is 2. The first-order chi connectivity index (χ1) is 13.6. The van der Waals surface area contributed by atoms with E-state index in [9.17, 15) is 9.18 Å². The van der Waals surface area contributed by atoms with Crippen molar-refractivity contribution in [2.24, 2.45) is 0 Å². The fraction of sp³-hybridized carbons (Fsp3) is 0. The van der Waals surface area contributed by atoms with Crippen molar-refractivity contribution in [2.75, 3.05) is 5.32 Å². The standard InChI is InChI=1S/C20H13ClFN3O3/c21-14-11-24-19-18(14)17(8-9-23-19)27-13-6-7-16(15(22)10-13)25-20(26)28-12-4-2-1-3-5-12/h1-11H,(H,23,24)(H,25,26). The number of nitrogens with zero attached hydrogens (tertiary/aromatic N) is 1. The highest BCUT2D eigenvalue weighted by molar-refractivity contribution is 6.36. The van der Waals surface area contributed by atoms with Gasteiger partial charge in [-0.3, -0.25) is 5.32 Å². The maximum atomic E-state index is 14.4. The lowest BCUT2D eigenvalue weighted by Gasteiger charge is -2.10.